The Morgan fingerprint density at radius 2 is 0.983 bits per heavy atom. The topological polar surface area (TPSA) is 108 Å². The average molecular weight is 839 g/mol. The summed E-state index contributed by atoms with van der Waals surface area (Å²) in [5.41, 5.74) is 0. The lowest BCUT2D eigenvalue weighted by molar-refractivity contribution is -0.870. The van der Waals surface area contributed by atoms with Gasteiger partial charge in [-0.2, -0.15) is 0 Å². The fourth-order valence-electron chi connectivity index (χ4n) is 6.91. The first kappa shape index (κ1) is 56.7. The van der Waals surface area contributed by atoms with Gasteiger partial charge in [-0.25, -0.2) is 0 Å². The smallest absolute Gasteiger partial charge is 0.268 e. The second-order valence-electron chi connectivity index (χ2n) is 17.8. The number of amides is 1. The molecule has 0 aromatic carbocycles. The lowest BCUT2D eigenvalue weighted by Gasteiger charge is -2.29. The summed E-state index contributed by atoms with van der Waals surface area (Å²) in [5, 5.41) is 13.8. The third-order valence-electron chi connectivity index (χ3n) is 10.8. The molecule has 0 aliphatic carbocycles. The molecule has 342 valence electrons. The number of hydrogen-bond acceptors (Lipinski definition) is 6. The summed E-state index contributed by atoms with van der Waals surface area (Å²) in [6.45, 7) is 4.58. The number of aliphatic hydroxyl groups excluding tert-OH is 1. The van der Waals surface area contributed by atoms with Crippen LogP contribution in [0.15, 0.2) is 36.5 Å². The number of phosphoric ester groups is 1. The third-order valence-corrected chi connectivity index (χ3v) is 11.8. The zero-order chi connectivity index (χ0) is 42.8. The summed E-state index contributed by atoms with van der Waals surface area (Å²) < 4.78 is 23.2. The summed E-state index contributed by atoms with van der Waals surface area (Å²) in [6, 6.07) is -0.905. The van der Waals surface area contributed by atoms with Crippen molar-refractivity contribution >= 4 is 13.7 Å². The molecule has 3 unspecified atom stereocenters. The van der Waals surface area contributed by atoms with Gasteiger partial charge >= 0.3 is 0 Å². The molecule has 1 amide bonds. The maximum absolute atomic E-state index is 12.8. The molecule has 58 heavy (non-hydrogen) atoms. The predicted molar refractivity (Wildman–Crippen MR) is 247 cm³/mol. The Morgan fingerprint density at radius 1 is 0.586 bits per heavy atom. The fraction of sp³-hybridized carbons (Fsp3) is 0.857. The van der Waals surface area contributed by atoms with E-state index in [9.17, 15) is 19.4 Å². The van der Waals surface area contributed by atoms with Gasteiger partial charge in [0.15, 0.2) is 0 Å². The number of carbonyl (C=O) groups is 1. The standard InChI is InChI=1S/C49H95N2O6P/c1-6-8-10-12-14-16-18-19-20-21-22-23-24-25-26-27-28-29-30-31-33-34-36-38-40-42-48(52)47(46-57-58(54,55)56-45-44-51(3,4)5)50-49(53)43-41-39-37-35-32-17-15-13-11-9-7-2/h13,15,33-34,40,42,47-48,52H,6-12,14,16-32,35-39,41,43-46H2,1-5H3,(H-,50,53,54,55)/b15-13-,34-33+,42-40+. The molecule has 0 saturated carbocycles. The van der Waals surface area contributed by atoms with Gasteiger partial charge < -0.3 is 28.8 Å². The highest BCUT2D eigenvalue weighted by Gasteiger charge is 2.23. The Labute approximate surface area is 359 Å². The molecular formula is C49H95N2O6P. The molecule has 0 rings (SSSR count). The Bertz CT molecular complexity index is 1040. The van der Waals surface area contributed by atoms with Gasteiger partial charge in [-0.1, -0.05) is 198 Å². The zero-order valence-corrected chi connectivity index (χ0v) is 39.6. The van der Waals surface area contributed by atoms with E-state index in [1.165, 1.54) is 135 Å². The maximum Gasteiger partial charge on any atom is 0.268 e. The van der Waals surface area contributed by atoms with Gasteiger partial charge in [-0.3, -0.25) is 9.36 Å². The molecule has 0 spiro atoms. The van der Waals surface area contributed by atoms with Gasteiger partial charge in [0.1, 0.15) is 13.2 Å². The molecule has 0 aromatic rings. The molecule has 0 saturated heterocycles. The fourth-order valence-corrected chi connectivity index (χ4v) is 7.64. The van der Waals surface area contributed by atoms with Crippen LogP contribution < -0.4 is 10.2 Å². The van der Waals surface area contributed by atoms with Crippen molar-refractivity contribution in [1.29, 1.82) is 0 Å². The van der Waals surface area contributed by atoms with Crippen LogP contribution in [0.5, 0.6) is 0 Å². The summed E-state index contributed by atoms with van der Waals surface area (Å²) in [6.07, 6.45) is 50.8. The summed E-state index contributed by atoms with van der Waals surface area (Å²) >= 11 is 0. The summed E-state index contributed by atoms with van der Waals surface area (Å²) in [7, 11) is 1.24. The van der Waals surface area contributed by atoms with Crippen molar-refractivity contribution in [1.82, 2.24) is 5.32 Å². The van der Waals surface area contributed by atoms with E-state index in [1.807, 2.05) is 27.2 Å². The second-order valence-corrected chi connectivity index (χ2v) is 19.2. The van der Waals surface area contributed by atoms with Gasteiger partial charge in [-0.05, 0) is 51.4 Å². The minimum atomic E-state index is -4.60. The SMILES string of the molecule is CCCC/C=C\CCCCCCCC(=O)NC(COP(=O)([O-])OCC[N+](C)(C)C)C(O)/C=C/CC/C=C/CCCCCCCCCCCCCCCCCCCCC. The Kier molecular flexibility index (Phi) is 40.2. The maximum atomic E-state index is 12.8. The van der Waals surface area contributed by atoms with Crippen LogP contribution in [0.2, 0.25) is 0 Å². The van der Waals surface area contributed by atoms with Crippen LogP contribution in [0.1, 0.15) is 219 Å². The number of nitrogens with one attached hydrogen (secondary N) is 1. The number of hydrogen-bond donors (Lipinski definition) is 2. The highest BCUT2D eigenvalue weighted by molar-refractivity contribution is 7.45. The molecule has 9 heteroatoms. The molecule has 0 heterocycles. The molecule has 3 atom stereocenters. The molecule has 0 aliphatic heterocycles. The minimum Gasteiger partial charge on any atom is -0.756 e. The van der Waals surface area contributed by atoms with Gasteiger partial charge in [0.2, 0.25) is 5.91 Å². The van der Waals surface area contributed by atoms with Crippen molar-refractivity contribution in [2.75, 3.05) is 40.9 Å². The van der Waals surface area contributed by atoms with Crippen molar-refractivity contribution < 1.29 is 32.9 Å². The molecule has 8 nitrogen and oxygen atoms in total. The molecular weight excluding hydrogens is 744 g/mol. The van der Waals surface area contributed by atoms with Crippen molar-refractivity contribution in [3.05, 3.63) is 36.5 Å². The van der Waals surface area contributed by atoms with Gasteiger partial charge in [0.25, 0.3) is 7.82 Å². The van der Waals surface area contributed by atoms with Crippen molar-refractivity contribution in [3.8, 4) is 0 Å². The van der Waals surface area contributed by atoms with E-state index in [0.29, 0.717) is 17.4 Å². The second kappa shape index (κ2) is 41.1. The van der Waals surface area contributed by atoms with Crippen molar-refractivity contribution in [2.45, 2.75) is 231 Å². The average Bonchev–Trinajstić information content (AvgIpc) is 3.17. The number of rotatable bonds is 44. The normalized spacial score (nSPS) is 14.5. The highest BCUT2D eigenvalue weighted by Crippen LogP contribution is 2.38. The first-order valence-electron chi connectivity index (χ1n) is 24.4. The third kappa shape index (κ3) is 42.8. The monoisotopic (exact) mass is 839 g/mol. The quantitative estimate of drug-likeness (QED) is 0.0274. The molecule has 0 radical (unpaired) electrons. The van der Waals surface area contributed by atoms with Crippen LogP contribution in [0.4, 0.5) is 0 Å². The van der Waals surface area contributed by atoms with Crippen LogP contribution in [0, 0.1) is 0 Å². The van der Waals surface area contributed by atoms with Crippen LogP contribution >= 0.6 is 7.82 Å². The zero-order valence-electron chi connectivity index (χ0n) is 38.8. The molecule has 0 fully saturated rings. The van der Waals surface area contributed by atoms with Gasteiger partial charge in [0, 0.05) is 6.42 Å². The van der Waals surface area contributed by atoms with Crippen molar-refractivity contribution in [3.63, 3.8) is 0 Å². The van der Waals surface area contributed by atoms with Gasteiger partial charge in [-0.15, -0.1) is 0 Å². The van der Waals surface area contributed by atoms with Crippen LogP contribution in [-0.2, 0) is 18.4 Å². The molecule has 0 aromatic heterocycles. The number of unbranched alkanes of at least 4 members (excludes halogenated alkanes) is 27. The summed E-state index contributed by atoms with van der Waals surface area (Å²) in [4.78, 5) is 25.3. The van der Waals surface area contributed by atoms with E-state index < -0.39 is 26.6 Å². The Hall–Kier alpha value is -1.28. The first-order valence-corrected chi connectivity index (χ1v) is 25.8. The first-order chi connectivity index (χ1) is 28.0. The lowest BCUT2D eigenvalue weighted by atomic mass is 10.0. The number of likely N-dealkylation sites (N-methyl/N-ethyl adjacent to an activating group) is 1. The van der Waals surface area contributed by atoms with Crippen LogP contribution in [-0.4, -0.2) is 68.5 Å². The lowest BCUT2D eigenvalue weighted by Crippen LogP contribution is -2.45. The number of quaternary nitrogens is 1. The number of aliphatic hydroxyl groups is 1. The largest absolute Gasteiger partial charge is 0.756 e. The minimum absolute atomic E-state index is 0.00795. The Morgan fingerprint density at radius 3 is 1.45 bits per heavy atom. The molecule has 0 bridgehead atoms. The van der Waals surface area contributed by atoms with E-state index in [4.69, 9.17) is 9.05 Å². The van der Waals surface area contributed by atoms with E-state index in [1.54, 1.807) is 6.08 Å². The number of phosphoric acid groups is 1. The van der Waals surface area contributed by atoms with Gasteiger partial charge in [0.05, 0.1) is 39.9 Å². The number of carbonyl (C=O) groups excluding carboxylic acids is 1. The number of nitrogens with zero attached hydrogens (tertiary/aromatic N) is 1. The Balaban J connectivity index is 4.28. The van der Waals surface area contributed by atoms with E-state index >= 15 is 0 Å². The number of allylic oxidation sites excluding steroid dienone is 5. The van der Waals surface area contributed by atoms with Crippen molar-refractivity contribution in [2.24, 2.45) is 0 Å². The van der Waals surface area contributed by atoms with E-state index in [-0.39, 0.29) is 12.5 Å². The predicted octanol–water partition coefficient (Wildman–Crippen LogP) is 13.2. The molecule has 0 aliphatic rings. The van der Waals surface area contributed by atoms with E-state index in [0.717, 1.165) is 64.2 Å². The summed E-state index contributed by atoms with van der Waals surface area (Å²) in [5.74, 6) is -0.218. The van der Waals surface area contributed by atoms with E-state index in [2.05, 4.69) is 43.5 Å². The van der Waals surface area contributed by atoms with Crippen LogP contribution in [0.25, 0.3) is 0 Å². The molecule has 2 N–H and O–H groups in total. The van der Waals surface area contributed by atoms with Crippen LogP contribution in [0.3, 0.4) is 0 Å². The highest BCUT2D eigenvalue weighted by atomic mass is 31.2.